The van der Waals surface area contributed by atoms with Crippen molar-refractivity contribution in [3.05, 3.63) is 48.3 Å². The Kier molecular flexibility index (Phi) is 6.01. The predicted octanol–water partition coefficient (Wildman–Crippen LogP) is 4.45. The van der Waals surface area contributed by atoms with Crippen LogP contribution in [0, 0.1) is 0 Å². The van der Waals surface area contributed by atoms with E-state index in [1.54, 1.807) is 31.3 Å². The molecule has 1 amide bonds. The van der Waals surface area contributed by atoms with Gasteiger partial charge in [0.1, 0.15) is 0 Å². The van der Waals surface area contributed by atoms with E-state index in [2.05, 4.69) is 54.4 Å². The second-order valence-corrected chi connectivity index (χ2v) is 10.4. The molecule has 0 unspecified atom stereocenters. The van der Waals surface area contributed by atoms with E-state index in [0.717, 1.165) is 40.6 Å². The van der Waals surface area contributed by atoms with E-state index >= 15 is 0 Å². The Morgan fingerprint density at radius 1 is 1.15 bits per heavy atom. The maximum absolute atomic E-state index is 12.0. The van der Waals surface area contributed by atoms with Crippen molar-refractivity contribution in [1.82, 2.24) is 25.2 Å². The minimum absolute atomic E-state index is 0.0467. The van der Waals surface area contributed by atoms with Crippen molar-refractivity contribution in [3.63, 3.8) is 0 Å². The molecule has 1 aromatic carbocycles. The van der Waals surface area contributed by atoms with Crippen molar-refractivity contribution < 1.29 is 4.79 Å². The molecule has 3 heterocycles. The SMILES string of the molecule is CN(C)C(=O)C=Cc1cccc2c(-c3ccnc(NC4CC(C)(C)NC(C)(C)C4)n3)c[nH]c12. The van der Waals surface area contributed by atoms with Gasteiger partial charge in [-0.2, -0.15) is 0 Å². The molecular formula is C26H34N6O. The summed E-state index contributed by atoms with van der Waals surface area (Å²) in [6.45, 7) is 8.96. The lowest BCUT2D eigenvalue weighted by Gasteiger charge is -2.46. The van der Waals surface area contributed by atoms with E-state index in [1.165, 1.54) is 0 Å². The molecule has 1 aliphatic rings. The first-order valence-electron chi connectivity index (χ1n) is 11.4. The summed E-state index contributed by atoms with van der Waals surface area (Å²) in [6.07, 6.45) is 9.21. The van der Waals surface area contributed by atoms with Crippen molar-refractivity contribution in [3.8, 4) is 11.3 Å². The van der Waals surface area contributed by atoms with Gasteiger partial charge in [0.15, 0.2) is 0 Å². The zero-order chi connectivity index (χ0) is 23.8. The van der Waals surface area contributed by atoms with Gasteiger partial charge in [-0.3, -0.25) is 4.79 Å². The van der Waals surface area contributed by atoms with Crippen LogP contribution in [-0.4, -0.2) is 57.0 Å². The van der Waals surface area contributed by atoms with Gasteiger partial charge in [0.05, 0.1) is 11.2 Å². The number of para-hydroxylation sites is 1. The number of anilines is 1. The lowest BCUT2D eigenvalue weighted by Crippen LogP contribution is -2.60. The molecule has 0 spiro atoms. The largest absolute Gasteiger partial charge is 0.360 e. The second-order valence-electron chi connectivity index (χ2n) is 10.4. The fourth-order valence-corrected chi connectivity index (χ4v) is 5.02. The second kappa shape index (κ2) is 8.63. The number of nitrogens with one attached hydrogen (secondary N) is 3. The van der Waals surface area contributed by atoms with Crippen molar-refractivity contribution in [1.29, 1.82) is 0 Å². The number of H-pyrrole nitrogens is 1. The van der Waals surface area contributed by atoms with E-state index in [0.29, 0.717) is 12.0 Å². The highest BCUT2D eigenvalue weighted by atomic mass is 16.2. The van der Waals surface area contributed by atoms with Crippen LogP contribution >= 0.6 is 0 Å². The van der Waals surface area contributed by atoms with Crippen LogP contribution in [0.4, 0.5) is 5.95 Å². The molecule has 7 nitrogen and oxygen atoms in total. The summed E-state index contributed by atoms with van der Waals surface area (Å²) >= 11 is 0. The molecule has 2 aromatic heterocycles. The molecule has 0 aliphatic carbocycles. The number of rotatable bonds is 5. The maximum Gasteiger partial charge on any atom is 0.246 e. The van der Waals surface area contributed by atoms with Gasteiger partial charge in [-0.15, -0.1) is 0 Å². The first kappa shape index (κ1) is 23.0. The maximum atomic E-state index is 12.0. The Labute approximate surface area is 195 Å². The smallest absolute Gasteiger partial charge is 0.246 e. The molecular weight excluding hydrogens is 412 g/mol. The molecule has 4 rings (SSSR count). The Bertz CT molecular complexity index is 1170. The number of likely N-dealkylation sites (N-methyl/N-ethyl adjacent to an activating group) is 1. The van der Waals surface area contributed by atoms with E-state index in [4.69, 9.17) is 4.98 Å². The fraction of sp³-hybridized carbons (Fsp3) is 0.423. The number of amides is 1. The normalized spacial score (nSPS) is 18.0. The molecule has 3 aromatic rings. The van der Waals surface area contributed by atoms with E-state index in [-0.39, 0.29) is 17.0 Å². The van der Waals surface area contributed by atoms with Gasteiger partial charge >= 0.3 is 0 Å². The predicted molar refractivity (Wildman–Crippen MR) is 135 cm³/mol. The van der Waals surface area contributed by atoms with Gasteiger partial charge in [0, 0.05) is 60.6 Å². The fourth-order valence-electron chi connectivity index (χ4n) is 5.02. The summed E-state index contributed by atoms with van der Waals surface area (Å²) in [5.74, 6) is 0.600. The van der Waals surface area contributed by atoms with Gasteiger partial charge < -0.3 is 20.5 Å². The highest BCUT2D eigenvalue weighted by Crippen LogP contribution is 2.32. The Morgan fingerprint density at radius 3 is 2.58 bits per heavy atom. The molecule has 3 N–H and O–H groups in total. The summed E-state index contributed by atoms with van der Waals surface area (Å²) in [4.78, 5) is 26.2. The van der Waals surface area contributed by atoms with Gasteiger partial charge in [-0.05, 0) is 58.2 Å². The molecule has 7 heteroatoms. The summed E-state index contributed by atoms with van der Waals surface area (Å²) in [5, 5.41) is 8.35. The number of piperidine rings is 1. The summed E-state index contributed by atoms with van der Waals surface area (Å²) in [6, 6.07) is 8.29. The third-order valence-electron chi connectivity index (χ3n) is 6.05. The number of fused-ring (bicyclic) bond motifs is 1. The van der Waals surface area contributed by atoms with Gasteiger partial charge in [0.2, 0.25) is 11.9 Å². The van der Waals surface area contributed by atoms with Crippen LogP contribution < -0.4 is 10.6 Å². The summed E-state index contributed by atoms with van der Waals surface area (Å²) in [5.41, 5.74) is 3.90. The number of carbonyl (C=O) groups is 1. The topological polar surface area (TPSA) is 85.9 Å². The van der Waals surface area contributed by atoms with Crippen molar-refractivity contribution in [2.45, 2.75) is 57.7 Å². The van der Waals surface area contributed by atoms with Crippen LogP contribution in [0.25, 0.3) is 28.2 Å². The quantitative estimate of drug-likeness (QED) is 0.504. The number of nitrogens with zero attached hydrogens (tertiary/aromatic N) is 3. The Balaban J connectivity index is 1.61. The number of carbonyl (C=O) groups excluding carboxylic acids is 1. The van der Waals surface area contributed by atoms with Crippen molar-refractivity contribution in [2.75, 3.05) is 19.4 Å². The summed E-state index contributed by atoms with van der Waals surface area (Å²) in [7, 11) is 3.49. The lowest BCUT2D eigenvalue weighted by atomic mass is 9.80. The molecule has 1 fully saturated rings. The van der Waals surface area contributed by atoms with E-state index in [9.17, 15) is 4.79 Å². The van der Waals surface area contributed by atoms with Crippen molar-refractivity contribution >= 4 is 28.8 Å². The van der Waals surface area contributed by atoms with Gasteiger partial charge in [-0.25, -0.2) is 9.97 Å². The first-order valence-corrected chi connectivity index (χ1v) is 11.4. The molecule has 0 atom stereocenters. The van der Waals surface area contributed by atoms with Crippen molar-refractivity contribution in [2.24, 2.45) is 0 Å². The lowest BCUT2D eigenvalue weighted by molar-refractivity contribution is -0.123. The molecule has 174 valence electrons. The van der Waals surface area contributed by atoms with Gasteiger partial charge in [0.25, 0.3) is 0 Å². The number of aromatic amines is 1. The number of hydrogen-bond acceptors (Lipinski definition) is 5. The van der Waals surface area contributed by atoms with Crippen LogP contribution in [0.2, 0.25) is 0 Å². The zero-order valence-corrected chi connectivity index (χ0v) is 20.4. The number of aromatic nitrogens is 3. The van der Waals surface area contributed by atoms with Gasteiger partial charge in [-0.1, -0.05) is 18.2 Å². The number of benzene rings is 1. The van der Waals surface area contributed by atoms with E-state index in [1.807, 2.05) is 30.5 Å². The van der Waals surface area contributed by atoms with E-state index < -0.39 is 0 Å². The van der Waals surface area contributed by atoms with Crippen LogP contribution in [-0.2, 0) is 4.79 Å². The monoisotopic (exact) mass is 446 g/mol. The van der Waals surface area contributed by atoms with Crippen LogP contribution in [0.5, 0.6) is 0 Å². The third kappa shape index (κ3) is 5.25. The average Bonchev–Trinajstić information content (AvgIpc) is 3.14. The third-order valence-corrected chi connectivity index (χ3v) is 6.05. The van der Waals surface area contributed by atoms with Crippen LogP contribution in [0.15, 0.2) is 42.7 Å². The Hall–Kier alpha value is -3.19. The molecule has 33 heavy (non-hydrogen) atoms. The Morgan fingerprint density at radius 2 is 1.88 bits per heavy atom. The molecule has 0 bridgehead atoms. The zero-order valence-electron chi connectivity index (χ0n) is 20.4. The highest BCUT2D eigenvalue weighted by molar-refractivity contribution is 6.00. The minimum Gasteiger partial charge on any atom is -0.360 e. The molecule has 1 aliphatic heterocycles. The molecule has 0 saturated carbocycles. The van der Waals surface area contributed by atoms with Crippen LogP contribution in [0.1, 0.15) is 46.1 Å². The first-order chi connectivity index (χ1) is 15.5. The highest BCUT2D eigenvalue weighted by Gasteiger charge is 2.37. The molecule has 0 radical (unpaired) electrons. The van der Waals surface area contributed by atoms with Crippen LogP contribution in [0.3, 0.4) is 0 Å². The number of hydrogen-bond donors (Lipinski definition) is 3. The standard InChI is InChI=1S/C26H34N6O/c1-25(2)14-18(15-26(3,4)31-25)29-24-27-13-12-21(30-24)20-16-28-23-17(8-7-9-19(20)23)10-11-22(33)32(5)6/h7-13,16,18,28,31H,14-15H2,1-6H3,(H,27,29,30). The summed E-state index contributed by atoms with van der Waals surface area (Å²) < 4.78 is 0. The average molecular weight is 447 g/mol. The minimum atomic E-state index is -0.0467. The molecule has 1 saturated heterocycles.